The third-order valence-electron chi connectivity index (χ3n) is 3.60. The van der Waals surface area contributed by atoms with Crippen molar-refractivity contribution in [3.05, 3.63) is 34.9 Å². The van der Waals surface area contributed by atoms with Gasteiger partial charge in [-0.2, -0.15) is 0 Å². The second-order valence-corrected chi connectivity index (χ2v) is 5.26. The molecular weight excluding hydrogens is 240 g/mol. The minimum Gasteiger partial charge on any atom is -0.374 e. The molecule has 0 aliphatic carbocycles. The maximum absolute atomic E-state index is 12.1. The van der Waals surface area contributed by atoms with E-state index in [1.807, 2.05) is 32.0 Å². The first-order valence-corrected chi connectivity index (χ1v) is 6.72. The smallest absolute Gasteiger partial charge is 0.251 e. The lowest BCUT2D eigenvalue weighted by atomic mass is 10.1. The van der Waals surface area contributed by atoms with E-state index in [0.717, 1.165) is 25.3 Å². The molecule has 4 nitrogen and oxygen atoms in total. The molecule has 1 atom stereocenters. The van der Waals surface area contributed by atoms with Crippen LogP contribution in [0, 0.1) is 13.8 Å². The van der Waals surface area contributed by atoms with E-state index in [1.165, 1.54) is 5.56 Å². The van der Waals surface area contributed by atoms with Crippen LogP contribution in [0.5, 0.6) is 0 Å². The molecule has 1 heterocycles. The summed E-state index contributed by atoms with van der Waals surface area (Å²) in [5.41, 5.74) is 3.06. The normalized spacial score (nSPS) is 20.3. The fourth-order valence-corrected chi connectivity index (χ4v) is 2.18. The quantitative estimate of drug-likeness (QED) is 0.894. The van der Waals surface area contributed by atoms with E-state index in [-0.39, 0.29) is 12.0 Å². The van der Waals surface area contributed by atoms with E-state index in [4.69, 9.17) is 4.74 Å². The van der Waals surface area contributed by atoms with Gasteiger partial charge in [-0.3, -0.25) is 4.79 Å². The lowest BCUT2D eigenvalue weighted by Gasteiger charge is -2.30. The van der Waals surface area contributed by atoms with Gasteiger partial charge in [-0.25, -0.2) is 0 Å². The van der Waals surface area contributed by atoms with Crippen LogP contribution in [0.15, 0.2) is 18.2 Å². The number of carbonyl (C=O) groups is 1. The lowest BCUT2D eigenvalue weighted by Crippen LogP contribution is -2.45. The number of morpholine rings is 1. The van der Waals surface area contributed by atoms with Gasteiger partial charge in [0.25, 0.3) is 5.91 Å². The second-order valence-electron chi connectivity index (χ2n) is 5.26. The van der Waals surface area contributed by atoms with E-state index in [1.54, 1.807) is 0 Å². The minimum absolute atomic E-state index is 0.0278. The van der Waals surface area contributed by atoms with Crippen molar-refractivity contribution in [3.8, 4) is 0 Å². The molecule has 4 heteroatoms. The zero-order valence-corrected chi connectivity index (χ0v) is 11.9. The van der Waals surface area contributed by atoms with E-state index in [0.29, 0.717) is 12.1 Å². The van der Waals surface area contributed by atoms with Gasteiger partial charge in [0.05, 0.1) is 12.7 Å². The van der Waals surface area contributed by atoms with Gasteiger partial charge in [0.15, 0.2) is 0 Å². The van der Waals surface area contributed by atoms with Crippen molar-refractivity contribution in [2.75, 3.05) is 33.3 Å². The molecule has 1 aliphatic rings. The molecule has 0 bridgehead atoms. The lowest BCUT2D eigenvalue weighted by molar-refractivity contribution is -0.0175. The number of aryl methyl sites for hydroxylation is 2. The average molecular weight is 262 g/mol. The van der Waals surface area contributed by atoms with Gasteiger partial charge in [0.1, 0.15) is 0 Å². The molecule has 1 aromatic carbocycles. The highest BCUT2D eigenvalue weighted by molar-refractivity contribution is 5.94. The first kappa shape index (κ1) is 14.0. The van der Waals surface area contributed by atoms with Crippen molar-refractivity contribution in [1.29, 1.82) is 0 Å². The summed E-state index contributed by atoms with van der Waals surface area (Å²) in [6.45, 7) is 7.19. The third-order valence-corrected chi connectivity index (χ3v) is 3.60. The van der Waals surface area contributed by atoms with Crippen LogP contribution >= 0.6 is 0 Å². The van der Waals surface area contributed by atoms with Gasteiger partial charge in [-0.1, -0.05) is 6.07 Å². The number of rotatable bonds is 3. The largest absolute Gasteiger partial charge is 0.374 e. The zero-order valence-electron chi connectivity index (χ0n) is 11.9. The number of ether oxygens (including phenoxy) is 1. The summed E-state index contributed by atoms with van der Waals surface area (Å²) in [6, 6.07) is 5.78. The number of benzene rings is 1. The maximum atomic E-state index is 12.1. The predicted molar refractivity (Wildman–Crippen MR) is 75.5 cm³/mol. The summed E-state index contributed by atoms with van der Waals surface area (Å²) in [7, 11) is 2.07. The van der Waals surface area contributed by atoms with Crippen LogP contribution in [-0.2, 0) is 4.74 Å². The Morgan fingerprint density at radius 3 is 2.89 bits per heavy atom. The number of amides is 1. The minimum atomic E-state index is -0.0278. The van der Waals surface area contributed by atoms with Crippen LogP contribution in [0.3, 0.4) is 0 Å². The van der Waals surface area contributed by atoms with Gasteiger partial charge in [-0.05, 0) is 44.2 Å². The molecule has 1 N–H and O–H groups in total. The van der Waals surface area contributed by atoms with Crippen LogP contribution in [0.25, 0.3) is 0 Å². The Hall–Kier alpha value is -1.39. The van der Waals surface area contributed by atoms with Crippen molar-refractivity contribution in [3.63, 3.8) is 0 Å². The van der Waals surface area contributed by atoms with Crippen molar-refractivity contribution < 1.29 is 9.53 Å². The molecular formula is C15H22N2O2. The van der Waals surface area contributed by atoms with E-state index < -0.39 is 0 Å². The summed E-state index contributed by atoms with van der Waals surface area (Å²) >= 11 is 0. The molecule has 0 spiro atoms. The fraction of sp³-hybridized carbons (Fsp3) is 0.533. The van der Waals surface area contributed by atoms with E-state index >= 15 is 0 Å². The van der Waals surface area contributed by atoms with Crippen LogP contribution < -0.4 is 5.32 Å². The van der Waals surface area contributed by atoms with Crippen LogP contribution in [0.2, 0.25) is 0 Å². The highest BCUT2D eigenvalue weighted by Crippen LogP contribution is 2.10. The molecule has 0 aromatic heterocycles. The molecule has 104 valence electrons. The molecule has 1 aromatic rings. The number of hydrogen-bond donors (Lipinski definition) is 1. The molecule has 1 unspecified atom stereocenters. The number of hydrogen-bond acceptors (Lipinski definition) is 3. The first-order valence-electron chi connectivity index (χ1n) is 6.72. The Morgan fingerprint density at radius 2 is 2.21 bits per heavy atom. The van der Waals surface area contributed by atoms with Crippen LogP contribution in [-0.4, -0.2) is 50.2 Å². The summed E-state index contributed by atoms with van der Waals surface area (Å²) in [5, 5.41) is 2.95. The van der Waals surface area contributed by atoms with Crippen LogP contribution in [0.4, 0.5) is 0 Å². The fourth-order valence-electron chi connectivity index (χ4n) is 2.18. The molecule has 2 rings (SSSR count). The molecule has 0 radical (unpaired) electrons. The molecule has 0 saturated carbocycles. The Balaban J connectivity index is 1.88. The highest BCUT2D eigenvalue weighted by Gasteiger charge is 2.18. The maximum Gasteiger partial charge on any atom is 0.251 e. The van der Waals surface area contributed by atoms with E-state index in [9.17, 15) is 4.79 Å². The Kier molecular flexibility index (Phi) is 4.56. The number of nitrogens with one attached hydrogen (secondary N) is 1. The molecule has 19 heavy (non-hydrogen) atoms. The van der Waals surface area contributed by atoms with Crippen molar-refractivity contribution in [2.24, 2.45) is 0 Å². The first-order chi connectivity index (χ1) is 9.06. The monoisotopic (exact) mass is 262 g/mol. The van der Waals surface area contributed by atoms with Gasteiger partial charge in [-0.15, -0.1) is 0 Å². The Bertz CT molecular complexity index is 459. The van der Waals surface area contributed by atoms with Gasteiger partial charge >= 0.3 is 0 Å². The second kappa shape index (κ2) is 6.17. The number of nitrogens with zero attached hydrogens (tertiary/aromatic N) is 1. The van der Waals surface area contributed by atoms with Crippen molar-refractivity contribution in [1.82, 2.24) is 10.2 Å². The third kappa shape index (κ3) is 3.78. The topological polar surface area (TPSA) is 41.6 Å². The van der Waals surface area contributed by atoms with Crippen molar-refractivity contribution in [2.45, 2.75) is 20.0 Å². The summed E-state index contributed by atoms with van der Waals surface area (Å²) in [6.07, 6.45) is 0.0919. The molecule has 1 amide bonds. The Labute approximate surface area is 114 Å². The standard InChI is InChI=1S/C15H22N2O2/c1-11-4-5-13(8-12(11)2)15(18)16-9-14-10-17(3)6-7-19-14/h4-5,8,14H,6-7,9-10H2,1-3H3,(H,16,18). The zero-order chi connectivity index (χ0) is 13.8. The van der Waals surface area contributed by atoms with E-state index in [2.05, 4.69) is 17.3 Å². The molecule has 1 saturated heterocycles. The summed E-state index contributed by atoms with van der Waals surface area (Å²) in [5.74, 6) is -0.0278. The Morgan fingerprint density at radius 1 is 1.42 bits per heavy atom. The van der Waals surface area contributed by atoms with Gasteiger partial charge in [0.2, 0.25) is 0 Å². The SMILES string of the molecule is Cc1ccc(C(=O)NCC2CN(C)CCO2)cc1C. The van der Waals surface area contributed by atoms with Gasteiger partial charge in [0, 0.05) is 25.2 Å². The number of likely N-dealkylation sites (N-methyl/N-ethyl adjacent to an activating group) is 1. The predicted octanol–water partition coefficient (Wildman–Crippen LogP) is 1.36. The molecule has 1 fully saturated rings. The number of carbonyl (C=O) groups excluding carboxylic acids is 1. The average Bonchev–Trinajstić information content (AvgIpc) is 2.39. The van der Waals surface area contributed by atoms with Crippen molar-refractivity contribution >= 4 is 5.91 Å². The van der Waals surface area contributed by atoms with Crippen LogP contribution in [0.1, 0.15) is 21.5 Å². The highest BCUT2D eigenvalue weighted by atomic mass is 16.5. The summed E-state index contributed by atoms with van der Waals surface area (Å²) < 4.78 is 5.62. The van der Waals surface area contributed by atoms with Gasteiger partial charge < -0.3 is 15.0 Å². The molecule has 1 aliphatic heterocycles. The summed E-state index contributed by atoms with van der Waals surface area (Å²) in [4.78, 5) is 14.3.